The van der Waals surface area contributed by atoms with Gasteiger partial charge >= 0.3 is 5.97 Å². The van der Waals surface area contributed by atoms with Crippen LogP contribution in [-0.2, 0) is 9.53 Å². The highest BCUT2D eigenvalue weighted by molar-refractivity contribution is 6.10. The maximum absolute atomic E-state index is 12.1. The van der Waals surface area contributed by atoms with Crippen molar-refractivity contribution in [3.63, 3.8) is 0 Å². The second kappa shape index (κ2) is 7.02. The Morgan fingerprint density at radius 2 is 2.00 bits per heavy atom. The van der Waals surface area contributed by atoms with E-state index in [1.54, 1.807) is 0 Å². The lowest BCUT2D eigenvalue weighted by atomic mass is 9.95. The average Bonchev–Trinajstić information content (AvgIpc) is 2.49. The molecule has 21 heavy (non-hydrogen) atoms. The number of benzene rings is 1. The van der Waals surface area contributed by atoms with Gasteiger partial charge in [0.25, 0.3) is 0 Å². The van der Waals surface area contributed by atoms with Crippen LogP contribution in [0.3, 0.4) is 0 Å². The van der Waals surface area contributed by atoms with Gasteiger partial charge in [-0.2, -0.15) is 0 Å². The van der Waals surface area contributed by atoms with E-state index in [4.69, 9.17) is 4.74 Å². The number of carbonyl (C=O) groups excluding carboxylic acids is 1. The lowest BCUT2D eigenvalue weighted by Gasteiger charge is -2.27. The number of esters is 1. The van der Waals surface area contributed by atoms with Crippen molar-refractivity contribution in [1.82, 2.24) is 0 Å². The summed E-state index contributed by atoms with van der Waals surface area (Å²) in [5.74, 6) is -0.153. The van der Waals surface area contributed by atoms with Crippen molar-refractivity contribution in [2.75, 3.05) is 0 Å². The Balaban J connectivity index is 2.38. The van der Waals surface area contributed by atoms with Crippen molar-refractivity contribution >= 4 is 11.7 Å². The minimum absolute atomic E-state index is 0.183. The SMILES string of the molecule is C=CCCC=C1N=C(c2ccccc2)C(C(C)C)OC1=O. The Bertz CT molecular complexity index is 570. The van der Waals surface area contributed by atoms with Gasteiger partial charge < -0.3 is 4.74 Å². The predicted molar refractivity (Wildman–Crippen MR) is 85.2 cm³/mol. The van der Waals surface area contributed by atoms with Crippen LogP contribution >= 0.6 is 0 Å². The molecular formula is C18H21NO2. The largest absolute Gasteiger partial charge is 0.451 e. The number of carbonyl (C=O) groups is 1. The molecule has 0 fully saturated rings. The first kappa shape index (κ1) is 15.2. The van der Waals surface area contributed by atoms with E-state index in [0.29, 0.717) is 5.70 Å². The van der Waals surface area contributed by atoms with Gasteiger partial charge in [-0.05, 0) is 24.3 Å². The highest BCUT2D eigenvalue weighted by atomic mass is 16.5. The van der Waals surface area contributed by atoms with Crippen LogP contribution < -0.4 is 0 Å². The third kappa shape index (κ3) is 3.69. The summed E-state index contributed by atoms with van der Waals surface area (Å²) in [7, 11) is 0. The molecule has 1 aromatic carbocycles. The number of unbranched alkanes of at least 4 members (excludes halogenated alkanes) is 1. The molecule has 3 nitrogen and oxygen atoms in total. The van der Waals surface area contributed by atoms with Gasteiger partial charge in [0.05, 0.1) is 5.71 Å². The van der Waals surface area contributed by atoms with Crippen molar-refractivity contribution in [1.29, 1.82) is 0 Å². The number of allylic oxidation sites excluding steroid dienone is 2. The molecule has 2 rings (SSSR count). The van der Waals surface area contributed by atoms with Gasteiger partial charge in [-0.3, -0.25) is 0 Å². The summed E-state index contributed by atoms with van der Waals surface area (Å²) in [6.45, 7) is 7.74. The summed E-state index contributed by atoms with van der Waals surface area (Å²) in [5.41, 5.74) is 2.22. The number of hydrogen-bond acceptors (Lipinski definition) is 3. The van der Waals surface area contributed by atoms with E-state index in [1.165, 1.54) is 0 Å². The van der Waals surface area contributed by atoms with E-state index in [9.17, 15) is 4.79 Å². The topological polar surface area (TPSA) is 38.7 Å². The van der Waals surface area contributed by atoms with Crippen molar-refractivity contribution in [3.05, 3.63) is 60.3 Å². The number of nitrogens with zero attached hydrogens (tertiary/aromatic N) is 1. The molecule has 0 saturated heterocycles. The van der Waals surface area contributed by atoms with Gasteiger partial charge in [-0.1, -0.05) is 56.3 Å². The molecule has 1 aliphatic heterocycles. The fourth-order valence-electron chi connectivity index (χ4n) is 2.23. The Morgan fingerprint density at radius 1 is 1.29 bits per heavy atom. The summed E-state index contributed by atoms with van der Waals surface area (Å²) < 4.78 is 5.59. The number of cyclic esters (lactones) is 1. The highest BCUT2D eigenvalue weighted by Crippen LogP contribution is 2.23. The highest BCUT2D eigenvalue weighted by Gasteiger charge is 2.31. The van der Waals surface area contributed by atoms with E-state index in [1.807, 2.05) is 56.3 Å². The van der Waals surface area contributed by atoms with Crippen LogP contribution in [0.1, 0.15) is 32.3 Å². The summed E-state index contributed by atoms with van der Waals surface area (Å²) >= 11 is 0. The Kier molecular flexibility index (Phi) is 5.09. The molecule has 0 radical (unpaired) electrons. The van der Waals surface area contributed by atoms with Crippen molar-refractivity contribution in [3.8, 4) is 0 Å². The molecule has 0 bridgehead atoms. The van der Waals surface area contributed by atoms with E-state index >= 15 is 0 Å². The predicted octanol–water partition coefficient (Wildman–Crippen LogP) is 3.91. The molecule has 0 amide bonds. The van der Waals surface area contributed by atoms with E-state index in [0.717, 1.165) is 24.1 Å². The number of hydrogen-bond donors (Lipinski definition) is 0. The summed E-state index contributed by atoms with van der Waals surface area (Å²) in [5, 5.41) is 0. The minimum Gasteiger partial charge on any atom is -0.451 e. The van der Waals surface area contributed by atoms with Gasteiger partial charge in [0.2, 0.25) is 0 Å². The lowest BCUT2D eigenvalue weighted by molar-refractivity contribution is -0.143. The van der Waals surface area contributed by atoms with E-state index in [-0.39, 0.29) is 18.0 Å². The number of ether oxygens (including phenoxy) is 1. The molecule has 110 valence electrons. The van der Waals surface area contributed by atoms with Crippen LogP contribution in [0.2, 0.25) is 0 Å². The number of rotatable bonds is 5. The molecule has 0 aliphatic carbocycles. The molecule has 1 atom stereocenters. The lowest BCUT2D eigenvalue weighted by Crippen LogP contribution is -2.37. The molecule has 1 aliphatic rings. The van der Waals surface area contributed by atoms with Crippen LogP contribution in [-0.4, -0.2) is 17.8 Å². The van der Waals surface area contributed by atoms with Gasteiger partial charge in [-0.15, -0.1) is 6.58 Å². The van der Waals surface area contributed by atoms with Crippen LogP contribution in [0.25, 0.3) is 0 Å². The smallest absolute Gasteiger partial charge is 0.357 e. The molecule has 1 heterocycles. The average molecular weight is 283 g/mol. The fraction of sp³-hybridized carbons (Fsp3) is 0.333. The first-order valence-electron chi connectivity index (χ1n) is 7.29. The molecule has 1 unspecified atom stereocenters. The van der Waals surface area contributed by atoms with Crippen molar-refractivity contribution in [2.45, 2.75) is 32.8 Å². The molecule has 0 spiro atoms. The summed E-state index contributed by atoms with van der Waals surface area (Å²) in [6, 6.07) is 9.88. The van der Waals surface area contributed by atoms with Crippen molar-refractivity contribution in [2.24, 2.45) is 10.9 Å². The molecule has 1 aromatic rings. The monoisotopic (exact) mass is 283 g/mol. The van der Waals surface area contributed by atoms with Crippen LogP contribution in [0.4, 0.5) is 0 Å². The van der Waals surface area contributed by atoms with Gasteiger partial charge in [0.1, 0.15) is 11.8 Å². The maximum Gasteiger partial charge on any atom is 0.357 e. The standard InChI is InChI=1S/C18H21NO2/c1-4-5-7-12-15-18(20)21-17(13(2)3)16(19-15)14-10-8-6-9-11-14/h4,6,8-13,17H,1,5,7H2,2-3H3. The Hall–Kier alpha value is -2.16. The van der Waals surface area contributed by atoms with E-state index < -0.39 is 0 Å². The second-order valence-corrected chi connectivity index (χ2v) is 5.39. The van der Waals surface area contributed by atoms with Gasteiger partial charge in [0.15, 0.2) is 0 Å². The molecule has 3 heteroatoms. The minimum atomic E-state index is -0.336. The quantitative estimate of drug-likeness (QED) is 0.356. The zero-order valence-electron chi connectivity index (χ0n) is 12.6. The van der Waals surface area contributed by atoms with Crippen LogP contribution in [0.15, 0.2) is 59.8 Å². The van der Waals surface area contributed by atoms with Gasteiger partial charge in [-0.25, -0.2) is 9.79 Å². The fourth-order valence-corrected chi connectivity index (χ4v) is 2.23. The number of aliphatic imine (C=N–C) groups is 1. The van der Waals surface area contributed by atoms with E-state index in [2.05, 4.69) is 11.6 Å². The summed E-state index contributed by atoms with van der Waals surface area (Å²) in [6.07, 6.45) is 4.91. The third-order valence-electron chi connectivity index (χ3n) is 3.34. The normalized spacial score (nSPS) is 20.3. The first-order valence-corrected chi connectivity index (χ1v) is 7.29. The second-order valence-electron chi connectivity index (χ2n) is 5.39. The zero-order chi connectivity index (χ0) is 15.2. The van der Waals surface area contributed by atoms with Crippen LogP contribution in [0.5, 0.6) is 0 Å². The first-order chi connectivity index (χ1) is 10.1. The Morgan fingerprint density at radius 3 is 2.62 bits per heavy atom. The Labute approximate surface area is 126 Å². The molecule has 0 saturated carbocycles. The maximum atomic E-state index is 12.1. The third-order valence-corrected chi connectivity index (χ3v) is 3.34. The molecular weight excluding hydrogens is 262 g/mol. The summed E-state index contributed by atoms with van der Waals surface area (Å²) in [4.78, 5) is 16.6. The van der Waals surface area contributed by atoms with Gasteiger partial charge in [0, 0.05) is 0 Å². The molecule has 0 aromatic heterocycles. The zero-order valence-corrected chi connectivity index (χ0v) is 12.6. The molecule has 0 N–H and O–H groups in total. The van der Waals surface area contributed by atoms with Crippen molar-refractivity contribution < 1.29 is 9.53 Å². The van der Waals surface area contributed by atoms with Crippen LogP contribution in [0, 0.1) is 5.92 Å².